The molecule has 0 spiro atoms. The van der Waals surface area contributed by atoms with Crippen molar-refractivity contribution >= 4 is 23.3 Å². The van der Waals surface area contributed by atoms with Crippen molar-refractivity contribution in [2.45, 2.75) is 62.5 Å². The zero-order valence-electron chi connectivity index (χ0n) is 17.8. The van der Waals surface area contributed by atoms with Gasteiger partial charge in [-0.1, -0.05) is 5.57 Å². The minimum absolute atomic E-state index is 0.289. The molecule has 3 fully saturated rings. The van der Waals surface area contributed by atoms with Gasteiger partial charge in [-0.25, -0.2) is 0 Å². The molecule has 10 heteroatoms. The van der Waals surface area contributed by atoms with E-state index in [1.165, 1.54) is 20.3 Å². The van der Waals surface area contributed by atoms with Crippen LogP contribution < -0.4 is 0 Å². The van der Waals surface area contributed by atoms with Gasteiger partial charge in [0, 0.05) is 20.1 Å². The van der Waals surface area contributed by atoms with Crippen molar-refractivity contribution in [1.29, 1.82) is 0 Å². The topological polar surface area (TPSA) is 138 Å². The van der Waals surface area contributed by atoms with E-state index >= 15 is 0 Å². The summed E-state index contributed by atoms with van der Waals surface area (Å²) in [5.41, 5.74) is -3.73. The van der Waals surface area contributed by atoms with Crippen LogP contribution in [0.15, 0.2) is 23.5 Å². The van der Waals surface area contributed by atoms with Crippen LogP contribution in [0.4, 0.5) is 0 Å². The maximum atomic E-state index is 13.5. The highest BCUT2D eigenvalue weighted by atomic mass is 16.7. The Hall–Kier alpha value is -2.40. The molecule has 31 heavy (non-hydrogen) atoms. The minimum atomic E-state index is -2.21. The van der Waals surface area contributed by atoms with Gasteiger partial charge in [0.1, 0.15) is 18.1 Å². The lowest BCUT2D eigenvalue weighted by Gasteiger charge is -2.42. The summed E-state index contributed by atoms with van der Waals surface area (Å²) >= 11 is 0. The monoisotopic (exact) mass is 436 g/mol. The van der Waals surface area contributed by atoms with E-state index in [4.69, 9.17) is 23.7 Å². The molecule has 1 saturated carbocycles. The molecule has 168 valence electrons. The number of hydrogen-bond donors (Lipinski definition) is 1. The third-order valence-corrected chi connectivity index (χ3v) is 6.36. The normalized spacial score (nSPS) is 41.4. The van der Waals surface area contributed by atoms with Crippen LogP contribution in [0.1, 0.15) is 27.2 Å². The van der Waals surface area contributed by atoms with E-state index in [0.29, 0.717) is 5.57 Å². The molecule has 2 saturated heterocycles. The van der Waals surface area contributed by atoms with E-state index < -0.39 is 71.0 Å². The molecule has 0 unspecified atom stereocenters. The third kappa shape index (κ3) is 2.65. The number of hydrogen-bond acceptors (Lipinski definition) is 10. The van der Waals surface area contributed by atoms with Gasteiger partial charge >= 0.3 is 5.97 Å². The maximum Gasteiger partial charge on any atom is 0.303 e. The molecule has 4 rings (SSSR count). The van der Waals surface area contributed by atoms with Gasteiger partial charge in [0.15, 0.2) is 34.6 Å². The Morgan fingerprint density at radius 2 is 1.94 bits per heavy atom. The van der Waals surface area contributed by atoms with E-state index in [2.05, 4.69) is 0 Å². The van der Waals surface area contributed by atoms with Gasteiger partial charge in [-0.15, -0.1) is 0 Å². The quantitative estimate of drug-likeness (QED) is 0.349. The van der Waals surface area contributed by atoms with Crippen LogP contribution >= 0.6 is 0 Å². The lowest BCUT2D eigenvalue weighted by atomic mass is 9.62. The lowest BCUT2D eigenvalue weighted by molar-refractivity contribution is -0.298. The van der Waals surface area contributed by atoms with Gasteiger partial charge < -0.3 is 28.8 Å². The Bertz CT molecular complexity index is 946. The first-order chi connectivity index (χ1) is 14.5. The lowest BCUT2D eigenvalue weighted by Crippen LogP contribution is -2.67. The van der Waals surface area contributed by atoms with E-state index in [9.17, 15) is 24.3 Å². The first kappa shape index (κ1) is 21.8. The molecule has 0 aromatic carbocycles. The molecule has 1 N–H and O–H groups in total. The summed E-state index contributed by atoms with van der Waals surface area (Å²) in [7, 11) is 2.42. The summed E-state index contributed by atoms with van der Waals surface area (Å²) in [5.74, 6) is -6.60. The molecule has 0 aromatic heterocycles. The van der Waals surface area contributed by atoms with Crippen LogP contribution in [0.3, 0.4) is 0 Å². The van der Waals surface area contributed by atoms with E-state index in [1.807, 2.05) is 0 Å². The minimum Gasteiger partial charge on any atom is -0.493 e. The fourth-order valence-corrected chi connectivity index (χ4v) is 5.10. The van der Waals surface area contributed by atoms with Crippen LogP contribution in [0.25, 0.3) is 0 Å². The van der Waals surface area contributed by atoms with Gasteiger partial charge in [-0.2, -0.15) is 0 Å². The van der Waals surface area contributed by atoms with Crippen LogP contribution in [-0.4, -0.2) is 77.9 Å². The molecule has 7 atom stereocenters. The molecule has 0 amide bonds. The first-order valence-electron chi connectivity index (χ1n) is 9.81. The number of methoxy groups -OCH3 is 2. The predicted molar refractivity (Wildman–Crippen MR) is 100 cm³/mol. The number of epoxide rings is 1. The number of carbonyl (C=O) groups is 4. The van der Waals surface area contributed by atoms with Gasteiger partial charge in [0.05, 0.1) is 13.5 Å². The van der Waals surface area contributed by atoms with Crippen LogP contribution in [0.5, 0.6) is 0 Å². The summed E-state index contributed by atoms with van der Waals surface area (Å²) in [4.78, 5) is 51.4. The summed E-state index contributed by atoms with van der Waals surface area (Å²) in [6.45, 7) is 4.56. The van der Waals surface area contributed by atoms with E-state index in [1.54, 1.807) is 13.8 Å². The molecule has 10 nitrogen and oxygen atoms in total. The smallest absolute Gasteiger partial charge is 0.303 e. The fraction of sp³-hybridized carbons (Fsp3) is 0.619. The van der Waals surface area contributed by atoms with Gasteiger partial charge in [-0.05, 0) is 19.9 Å². The number of ketones is 3. The highest BCUT2D eigenvalue weighted by Crippen LogP contribution is 2.64. The second-order valence-corrected chi connectivity index (χ2v) is 8.45. The summed E-state index contributed by atoms with van der Waals surface area (Å²) in [6, 6.07) is 0. The Balaban J connectivity index is 2.01. The van der Waals surface area contributed by atoms with Crippen molar-refractivity contribution in [1.82, 2.24) is 0 Å². The summed E-state index contributed by atoms with van der Waals surface area (Å²) in [5, 5.41) is 11.9. The van der Waals surface area contributed by atoms with Crippen molar-refractivity contribution in [3.63, 3.8) is 0 Å². The second-order valence-electron chi connectivity index (χ2n) is 8.45. The molecular formula is C21H24O10. The molecule has 0 aromatic rings. The standard InChI is InChI=1S/C21H24O10/c1-9(2)6-14(29-10(3)22)20-13(24)7-12(27-4)15(25)17(20)21(26)18-16(30-18)11(23)8-19(21,28-5)31-20/h6-7,14,16-18,26H,8H2,1-5H3/t14-,16+,17-,18+,19+,20-,21+/m0/s1. The number of rotatable bonds is 5. The number of fused-ring (bicyclic) bond motifs is 5. The zero-order chi connectivity index (χ0) is 22.9. The number of esters is 1. The Labute approximate surface area is 178 Å². The first-order valence-corrected chi connectivity index (χ1v) is 9.81. The number of aliphatic hydroxyl groups is 1. The van der Waals surface area contributed by atoms with Crippen LogP contribution in [0.2, 0.25) is 0 Å². The molecular weight excluding hydrogens is 412 g/mol. The third-order valence-electron chi connectivity index (χ3n) is 6.36. The highest BCUT2D eigenvalue weighted by molar-refractivity contribution is 6.15. The average Bonchev–Trinajstić information content (AvgIpc) is 3.45. The summed E-state index contributed by atoms with van der Waals surface area (Å²) < 4.78 is 27.6. The van der Waals surface area contributed by atoms with Crippen LogP contribution in [-0.2, 0) is 42.9 Å². The van der Waals surface area contributed by atoms with Crippen molar-refractivity contribution in [2.75, 3.05) is 14.2 Å². The van der Waals surface area contributed by atoms with Crippen molar-refractivity contribution in [3.8, 4) is 0 Å². The molecule has 2 aliphatic heterocycles. The molecule has 0 radical (unpaired) electrons. The average molecular weight is 436 g/mol. The Kier molecular flexibility index (Phi) is 4.78. The Morgan fingerprint density at radius 3 is 2.48 bits per heavy atom. The molecule has 0 bridgehead atoms. The van der Waals surface area contributed by atoms with Gasteiger partial charge in [0.25, 0.3) is 0 Å². The van der Waals surface area contributed by atoms with Crippen molar-refractivity contribution in [3.05, 3.63) is 23.5 Å². The molecule has 2 heterocycles. The van der Waals surface area contributed by atoms with Crippen molar-refractivity contribution < 1.29 is 48.0 Å². The predicted octanol–water partition coefficient (Wildman–Crippen LogP) is -0.234. The van der Waals surface area contributed by atoms with E-state index in [-0.39, 0.29) is 5.76 Å². The van der Waals surface area contributed by atoms with Gasteiger partial charge in [-0.3, -0.25) is 19.2 Å². The Morgan fingerprint density at radius 1 is 1.26 bits per heavy atom. The number of ether oxygens (including phenoxy) is 5. The number of Topliss-reactive ketones (excluding diaryl/α,β-unsaturated/α-hetero) is 2. The molecule has 2 aliphatic carbocycles. The maximum absolute atomic E-state index is 13.5. The van der Waals surface area contributed by atoms with Gasteiger partial charge in [0.2, 0.25) is 11.6 Å². The number of allylic oxidation sites excluding steroid dienone is 2. The van der Waals surface area contributed by atoms with E-state index in [0.717, 1.165) is 13.0 Å². The highest BCUT2D eigenvalue weighted by Gasteiger charge is 2.87. The second kappa shape index (κ2) is 6.80. The number of carbonyl (C=O) groups excluding carboxylic acids is 4. The van der Waals surface area contributed by atoms with Crippen molar-refractivity contribution in [2.24, 2.45) is 5.92 Å². The SMILES string of the molecule is COC1=CC(=O)[C@@]2([C@H](C=C(C)C)OC(C)=O)O[C@]3(OC)CC(=O)[C@H]4O[C@H]4[C@]3(O)[C@H]2C1=O. The fourth-order valence-electron chi connectivity index (χ4n) is 5.10. The largest absolute Gasteiger partial charge is 0.493 e. The molecule has 4 aliphatic rings. The zero-order valence-corrected chi connectivity index (χ0v) is 17.8. The van der Waals surface area contributed by atoms with Crippen LogP contribution in [0, 0.1) is 5.92 Å². The summed E-state index contributed by atoms with van der Waals surface area (Å²) in [6.07, 6.45) is -1.50.